The van der Waals surface area contributed by atoms with Crippen LogP contribution in [0, 0.1) is 6.92 Å². The van der Waals surface area contributed by atoms with Crippen LogP contribution in [0.1, 0.15) is 27.4 Å². The van der Waals surface area contributed by atoms with E-state index in [1.165, 1.54) is 11.6 Å². The van der Waals surface area contributed by atoms with Crippen LogP contribution >= 0.6 is 0 Å². The molecule has 0 atom stereocenters. The normalized spacial score (nSPS) is 10.9. The van der Waals surface area contributed by atoms with Gasteiger partial charge in [-0.3, -0.25) is 4.99 Å². The lowest BCUT2D eigenvalue weighted by atomic mass is 10.2. The van der Waals surface area contributed by atoms with Gasteiger partial charge in [0.25, 0.3) is 0 Å². The molecule has 0 bridgehead atoms. The van der Waals surface area contributed by atoms with Crippen LogP contribution in [0.3, 0.4) is 0 Å². The fourth-order valence-electron chi connectivity index (χ4n) is 2.38. The van der Waals surface area contributed by atoms with Gasteiger partial charge in [0.1, 0.15) is 12.4 Å². The van der Waals surface area contributed by atoms with E-state index < -0.39 is 5.97 Å². The minimum atomic E-state index is -1.11. The molecule has 6 nitrogen and oxygen atoms in total. The van der Waals surface area contributed by atoms with E-state index in [4.69, 9.17) is 19.0 Å². The van der Waals surface area contributed by atoms with Gasteiger partial charge in [0.2, 0.25) is 5.76 Å². The molecule has 0 aliphatic rings. The highest BCUT2D eigenvalue weighted by molar-refractivity contribution is 5.84. The Balaban J connectivity index is 1.69. The first-order valence-electron chi connectivity index (χ1n) is 8.29. The Morgan fingerprint density at radius 2 is 1.89 bits per heavy atom. The first kappa shape index (κ1) is 18.3. The number of methoxy groups -OCH3 is 1. The molecule has 1 aromatic heterocycles. The van der Waals surface area contributed by atoms with E-state index in [1.807, 2.05) is 43.3 Å². The summed E-state index contributed by atoms with van der Waals surface area (Å²) in [5.41, 5.74) is 2.92. The molecule has 3 rings (SSSR count). The fraction of sp³-hybridized carbons (Fsp3) is 0.143. The second-order valence-corrected chi connectivity index (χ2v) is 5.86. The van der Waals surface area contributed by atoms with Crippen LogP contribution in [0.25, 0.3) is 0 Å². The highest BCUT2D eigenvalue weighted by Gasteiger charge is 2.11. The number of hydrogen-bond acceptors (Lipinski definition) is 5. The third kappa shape index (κ3) is 4.76. The van der Waals surface area contributed by atoms with Crippen molar-refractivity contribution in [2.45, 2.75) is 13.5 Å². The fourth-order valence-corrected chi connectivity index (χ4v) is 2.38. The number of benzene rings is 2. The van der Waals surface area contributed by atoms with Crippen LogP contribution in [0.4, 0.5) is 5.69 Å². The van der Waals surface area contributed by atoms with Gasteiger partial charge in [-0.15, -0.1) is 0 Å². The summed E-state index contributed by atoms with van der Waals surface area (Å²) < 4.78 is 16.2. The number of nitrogens with zero attached hydrogens (tertiary/aromatic N) is 1. The number of furan rings is 1. The summed E-state index contributed by atoms with van der Waals surface area (Å²) in [6.45, 7) is 2.13. The molecule has 0 unspecified atom stereocenters. The predicted molar refractivity (Wildman–Crippen MR) is 101 cm³/mol. The number of aryl methyl sites for hydroxylation is 1. The number of hydrogen-bond donors (Lipinski definition) is 1. The molecule has 0 radical (unpaired) electrons. The quantitative estimate of drug-likeness (QED) is 0.618. The molecule has 1 N–H and O–H groups in total. The van der Waals surface area contributed by atoms with Crippen molar-refractivity contribution in [3.63, 3.8) is 0 Å². The minimum Gasteiger partial charge on any atom is -0.493 e. The first-order valence-corrected chi connectivity index (χ1v) is 8.29. The Bertz CT molecular complexity index is 957. The first-order chi connectivity index (χ1) is 13.0. The van der Waals surface area contributed by atoms with Crippen LogP contribution in [-0.4, -0.2) is 24.4 Å². The summed E-state index contributed by atoms with van der Waals surface area (Å²) in [6, 6.07) is 16.3. The van der Waals surface area contributed by atoms with E-state index in [2.05, 4.69) is 4.99 Å². The molecule has 1 heterocycles. The molecular formula is C21H19NO5. The minimum absolute atomic E-state index is 0.0977. The molecule has 0 aliphatic heterocycles. The van der Waals surface area contributed by atoms with Crippen LogP contribution in [-0.2, 0) is 6.61 Å². The summed E-state index contributed by atoms with van der Waals surface area (Å²) in [7, 11) is 1.55. The van der Waals surface area contributed by atoms with Crippen LogP contribution in [0.5, 0.6) is 11.5 Å². The molecule has 0 saturated heterocycles. The van der Waals surface area contributed by atoms with E-state index in [9.17, 15) is 4.79 Å². The Hall–Kier alpha value is -3.54. The number of aliphatic imine (C=N–C) groups is 1. The number of aromatic carboxylic acids is 1. The molecule has 0 aliphatic carbocycles. The third-order valence-electron chi connectivity index (χ3n) is 3.83. The maximum Gasteiger partial charge on any atom is 0.371 e. The lowest BCUT2D eigenvalue weighted by molar-refractivity contribution is 0.0658. The largest absolute Gasteiger partial charge is 0.493 e. The van der Waals surface area contributed by atoms with E-state index in [1.54, 1.807) is 25.5 Å². The van der Waals surface area contributed by atoms with Gasteiger partial charge in [-0.1, -0.05) is 17.7 Å². The van der Waals surface area contributed by atoms with E-state index in [0.717, 1.165) is 11.3 Å². The molecule has 138 valence electrons. The number of ether oxygens (including phenoxy) is 2. The average Bonchev–Trinajstić information content (AvgIpc) is 3.15. The van der Waals surface area contributed by atoms with Gasteiger partial charge in [-0.05, 0) is 55.0 Å². The van der Waals surface area contributed by atoms with Crippen molar-refractivity contribution in [1.82, 2.24) is 0 Å². The van der Waals surface area contributed by atoms with Gasteiger partial charge in [0.05, 0.1) is 12.8 Å². The highest BCUT2D eigenvalue weighted by atomic mass is 16.5. The second-order valence-electron chi connectivity index (χ2n) is 5.86. The Kier molecular flexibility index (Phi) is 5.56. The zero-order chi connectivity index (χ0) is 19.2. The Morgan fingerprint density at radius 1 is 1.11 bits per heavy atom. The number of carboxylic acid groups (broad SMARTS) is 1. The smallest absolute Gasteiger partial charge is 0.371 e. The summed E-state index contributed by atoms with van der Waals surface area (Å²) in [6.07, 6.45) is 1.75. The molecule has 6 heteroatoms. The molecule has 0 spiro atoms. The zero-order valence-corrected chi connectivity index (χ0v) is 15.0. The molecule has 0 amide bonds. The second kappa shape index (κ2) is 8.23. The van der Waals surface area contributed by atoms with Crippen molar-refractivity contribution in [1.29, 1.82) is 0 Å². The molecule has 27 heavy (non-hydrogen) atoms. The topological polar surface area (TPSA) is 81.3 Å². The molecule has 3 aromatic rings. The summed E-state index contributed by atoms with van der Waals surface area (Å²) in [4.78, 5) is 15.3. The van der Waals surface area contributed by atoms with Gasteiger partial charge in [-0.25, -0.2) is 4.79 Å². The van der Waals surface area contributed by atoms with Crippen molar-refractivity contribution in [2.24, 2.45) is 4.99 Å². The van der Waals surface area contributed by atoms with Crippen molar-refractivity contribution < 1.29 is 23.8 Å². The predicted octanol–water partition coefficient (Wildman–Crippen LogP) is 4.62. The molecule has 2 aromatic carbocycles. The summed E-state index contributed by atoms with van der Waals surface area (Å²) in [5, 5.41) is 8.88. The standard InChI is InChI=1S/C21H19NO5/c1-14-3-6-16(7-4-14)22-12-15-5-9-18(20(11-15)25-2)26-13-17-8-10-19(27-17)21(23)24/h3-12H,13H2,1-2H3,(H,23,24). The monoisotopic (exact) mass is 365 g/mol. The molecular weight excluding hydrogens is 346 g/mol. The van der Waals surface area contributed by atoms with Gasteiger partial charge in [0, 0.05) is 6.21 Å². The maximum atomic E-state index is 10.8. The third-order valence-corrected chi connectivity index (χ3v) is 3.83. The van der Waals surface area contributed by atoms with E-state index in [0.29, 0.717) is 17.3 Å². The van der Waals surface area contributed by atoms with Crippen molar-refractivity contribution in [3.8, 4) is 11.5 Å². The van der Waals surface area contributed by atoms with Crippen LogP contribution in [0.15, 0.2) is 64.0 Å². The Morgan fingerprint density at radius 3 is 2.56 bits per heavy atom. The summed E-state index contributed by atoms with van der Waals surface area (Å²) >= 11 is 0. The maximum absolute atomic E-state index is 10.8. The zero-order valence-electron chi connectivity index (χ0n) is 15.0. The SMILES string of the molecule is COc1cc(C=Nc2ccc(C)cc2)ccc1OCc1ccc(C(=O)O)o1. The number of carbonyl (C=O) groups is 1. The lowest BCUT2D eigenvalue weighted by Gasteiger charge is -2.10. The van der Waals surface area contributed by atoms with Crippen LogP contribution in [0.2, 0.25) is 0 Å². The van der Waals surface area contributed by atoms with Crippen molar-refractivity contribution in [3.05, 3.63) is 77.2 Å². The Labute approximate surface area is 156 Å². The number of rotatable bonds is 7. The lowest BCUT2D eigenvalue weighted by Crippen LogP contribution is -1.98. The van der Waals surface area contributed by atoms with E-state index in [-0.39, 0.29) is 12.4 Å². The molecule has 0 saturated carbocycles. The van der Waals surface area contributed by atoms with Crippen LogP contribution < -0.4 is 9.47 Å². The average molecular weight is 365 g/mol. The summed E-state index contributed by atoms with van der Waals surface area (Å²) in [5.74, 6) is 0.255. The van der Waals surface area contributed by atoms with Gasteiger partial charge in [-0.2, -0.15) is 0 Å². The van der Waals surface area contributed by atoms with Gasteiger partial charge < -0.3 is 19.0 Å². The van der Waals surface area contributed by atoms with Crippen molar-refractivity contribution >= 4 is 17.9 Å². The van der Waals surface area contributed by atoms with Gasteiger partial charge >= 0.3 is 5.97 Å². The molecule has 0 fully saturated rings. The highest BCUT2D eigenvalue weighted by Crippen LogP contribution is 2.29. The van der Waals surface area contributed by atoms with E-state index >= 15 is 0 Å². The number of carboxylic acids is 1. The van der Waals surface area contributed by atoms with Crippen molar-refractivity contribution in [2.75, 3.05) is 7.11 Å². The van der Waals surface area contributed by atoms with Gasteiger partial charge in [0.15, 0.2) is 11.5 Å².